The first kappa shape index (κ1) is 12.7. The Morgan fingerprint density at radius 2 is 2.19 bits per heavy atom. The van der Waals surface area contributed by atoms with Gasteiger partial charge < -0.3 is 15.3 Å². The number of carboxylic acid groups (broad SMARTS) is 1. The Kier molecular flexibility index (Phi) is 3.66. The molecule has 1 fully saturated rings. The van der Waals surface area contributed by atoms with Gasteiger partial charge in [0.15, 0.2) is 0 Å². The Hall–Kier alpha value is -1.40. The molecule has 1 heterocycles. The number of nitrogens with zero attached hydrogens (tertiary/aromatic N) is 1. The number of hydrogen-bond acceptors (Lipinski definition) is 2. The maximum Gasteiger partial charge on any atom is 0.329 e. The molecule has 2 amide bonds. The highest BCUT2D eigenvalue weighted by atomic mass is 19.3. The topological polar surface area (TPSA) is 69.6 Å². The summed E-state index contributed by atoms with van der Waals surface area (Å²) in [5.74, 6) is -1.11. The van der Waals surface area contributed by atoms with Gasteiger partial charge in [-0.1, -0.05) is 0 Å². The van der Waals surface area contributed by atoms with Crippen molar-refractivity contribution in [2.24, 2.45) is 0 Å². The van der Waals surface area contributed by atoms with Crippen LogP contribution in [0.4, 0.5) is 13.6 Å². The number of carbonyl (C=O) groups is 2. The first-order chi connectivity index (χ1) is 7.38. The summed E-state index contributed by atoms with van der Waals surface area (Å²) in [6.45, 7) is 0.938. The predicted octanol–water partition coefficient (Wildman–Crippen LogP) is 0.900. The van der Waals surface area contributed by atoms with Crippen molar-refractivity contribution in [3.8, 4) is 0 Å². The van der Waals surface area contributed by atoms with Crippen molar-refractivity contribution in [1.82, 2.24) is 10.2 Å². The van der Waals surface area contributed by atoms with Crippen LogP contribution in [-0.2, 0) is 4.79 Å². The van der Waals surface area contributed by atoms with Crippen molar-refractivity contribution in [3.63, 3.8) is 0 Å². The van der Waals surface area contributed by atoms with E-state index in [4.69, 9.17) is 5.11 Å². The van der Waals surface area contributed by atoms with Crippen LogP contribution < -0.4 is 5.32 Å². The SMILES string of the molecule is CC1(C(=O)O)CCCN1C(=O)NCC(F)F. The van der Waals surface area contributed by atoms with Crippen LogP contribution in [0.25, 0.3) is 0 Å². The molecule has 1 saturated heterocycles. The third-order valence-electron chi connectivity index (χ3n) is 2.75. The van der Waals surface area contributed by atoms with E-state index in [0.717, 1.165) is 4.90 Å². The Balaban J connectivity index is 2.65. The lowest BCUT2D eigenvalue weighted by Gasteiger charge is -2.31. The van der Waals surface area contributed by atoms with Crippen LogP contribution in [0.5, 0.6) is 0 Å². The number of carbonyl (C=O) groups excluding carboxylic acids is 1. The Morgan fingerprint density at radius 3 is 2.69 bits per heavy atom. The number of halogens is 2. The maximum absolute atomic E-state index is 11.9. The average Bonchev–Trinajstić information content (AvgIpc) is 2.58. The Bertz CT molecular complexity index is 298. The molecular formula is C9H14F2N2O3. The number of carboxylic acids is 1. The van der Waals surface area contributed by atoms with Crippen LogP contribution >= 0.6 is 0 Å². The van der Waals surface area contributed by atoms with Crippen molar-refractivity contribution in [2.75, 3.05) is 13.1 Å². The van der Waals surface area contributed by atoms with Gasteiger partial charge >= 0.3 is 12.0 Å². The van der Waals surface area contributed by atoms with E-state index in [-0.39, 0.29) is 6.54 Å². The standard InChI is InChI=1S/C9H14F2N2O3/c1-9(7(14)15)3-2-4-13(9)8(16)12-5-6(10)11/h6H,2-5H2,1H3,(H,12,16)(H,14,15). The monoisotopic (exact) mass is 236 g/mol. The molecule has 0 aromatic rings. The van der Waals surface area contributed by atoms with Crippen LogP contribution in [0.3, 0.4) is 0 Å². The fourth-order valence-corrected chi connectivity index (χ4v) is 1.77. The van der Waals surface area contributed by atoms with Crippen LogP contribution in [-0.4, -0.2) is 47.1 Å². The highest BCUT2D eigenvalue weighted by Crippen LogP contribution is 2.29. The highest BCUT2D eigenvalue weighted by molar-refractivity contribution is 5.86. The largest absolute Gasteiger partial charge is 0.480 e. The number of hydrogen-bond donors (Lipinski definition) is 2. The van der Waals surface area contributed by atoms with Gasteiger partial charge in [-0.15, -0.1) is 0 Å². The number of likely N-dealkylation sites (tertiary alicyclic amines) is 1. The number of urea groups is 1. The summed E-state index contributed by atoms with van der Waals surface area (Å²) in [6.07, 6.45) is -1.74. The van der Waals surface area contributed by atoms with E-state index in [2.05, 4.69) is 0 Å². The van der Waals surface area contributed by atoms with Crippen molar-refractivity contribution in [2.45, 2.75) is 31.7 Å². The number of amides is 2. The van der Waals surface area contributed by atoms with Gasteiger partial charge in [0, 0.05) is 6.54 Å². The summed E-state index contributed by atoms with van der Waals surface area (Å²) >= 11 is 0. The zero-order valence-corrected chi connectivity index (χ0v) is 8.87. The van der Waals surface area contributed by atoms with Gasteiger partial charge in [0.25, 0.3) is 6.43 Å². The Morgan fingerprint density at radius 1 is 1.56 bits per heavy atom. The molecule has 0 saturated carbocycles. The van der Waals surface area contributed by atoms with Crippen molar-refractivity contribution in [1.29, 1.82) is 0 Å². The fourth-order valence-electron chi connectivity index (χ4n) is 1.77. The van der Waals surface area contributed by atoms with Crippen molar-refractivity contribution < 1.29 is 23.5 Å². The van der Waals surface area contributed by atoms with Crippen LogP contribution in [0.2, 0.25) is 0 Å². The normalized spacial score (nSPS) is 24.9. The van der Waals surface area contributed by atoms with Gasteiger partial charge in [-0.05, 0) is 19.8 Å². The van der Waals surface area contributed by atoms with Crippen LogP contribution in [0.15, 0.2) is 0 Å². The highest BCUT2D eigenvalue weighted by Gasteiger charge is 2.45. The van der Waals surface area contributed by atoms with Crippen LogP contribution in [0.1, 0.15) is 19.8 Å². The molecule has 1 aliphatic rings. The quantitative estimate of drug-likeness (QED) is 0.764. The van der Waals surface area contributed by atoms with E-state index in [1.54, 1.807) is 0 Å². The van der Waals surface area contributed by atoms with E-state index in [0.29, 0.717) is 12.8 Å². The molecule has 1 rings (SSSR count). The zero-order chi connectivity index (χ0) is 12.3. The average molecular weight is 236 g/mol. The van der Waals surface area contributed by atoms with E-state index >= 15 is 0 Å². The predicted molar refractivity (Wildman–Crippen MR) is 51.4 cm³/mol. The van der Waals surface area contributed by atoms with Gasteiger partial charge in [0.05, 0.1) is 6.54 Å². The molecule has 1 atom stereocenters. The van der Waals surface area contributed by atoms with Gasteiger partial charge in [-0.3, -0.25) is 0 Å². The molecule has 0 bridgehead atoms. The third-order valence-corrected chi connectivity index (χ3v) is 2.75. The second kappa shape index (κ2) is 4.63. The Labute approximate surface area is 91.4 Å². The first-order valence-corrected chi connectivity index (χ1v) is 4.95. The minimum absolute atomic E-state index is 0.276. The molecule has 0 aromatic heterocycles. The van der Waals surface area contributed by atoms with E-state index in [9.17, 15) is 18.4 Å². The summed E-state index contributed by atoms with van der Waals surface area (Å²) in [5.41, 5.74) is -1.29. The smallest absolute Gasteiger partial charge is 0.329 e. The zero-order valence-electron chi connectivity index (χ0n) is 8.87. The fraction of sp³-hybridized carbons (Fsp3) is 0.778. The lowest BCUT2D eigenvalue weighted by atomic mass is 10.00. The number of aliphatic carboxylic acids is 1. The van der Waals surface area contributed by atoms with Gasteiger partial charge in [-0.25, -0.2) is 18.4 Å². The molecule has 0 radical (unpaired) electrons. The van der Waals surface area contributed by atoms with Gasteiger partial charge in [-0.2, -0.15) is 0 Å². The first-order valence-electron chi connectivity index (χ1n) is 4.95. The van der Waals surface area contributed by atoms with E-state index in [1.165, 1.54) is 6.92 Å². The molecule has 0 aromatic carbocycles. The molecule has 2 N–H and O–H groups in total. The minimum atomic E-state index is -2.64. The molecule has 92 valence electrons. The summed E-state index contributed by atoms with van der Waals surface area (Å²) in [7, 11) is 0. The molecule has 16 heavy (non-hydrogen) atoms. The molecule has 0 aliphatic carbocycles. The number of nitrogens with one attached hydrogen (secondary N) is 1. The lowest BCUT2D eigenvalue weighted by molar-refractivity contribution is -0.147. The van der Waals surface area contributed by atoms with Crippen molar-refractivity contribution in [3.05, 3.63) is 0 Å². The molecule has 5 nitrogen and oxygen atoms in total. The van der Waals surface area contributed by atoms with Gasteiger partial charge in [0.2, 0.25) is 0 Å². The summed E-state index contributed by atoms with van der Waals surface area (Å²) in [6, 6.07) is -0.747. The second-order valence-electron chi connectivity index (χ2n) is 3.91. The molecule has 1 aliphatic heterocycles. The third kappa shape index (κ3) is 2.40. The minimum Gasteiger partial charge on any atom is -0.480 e. The van der Waals surface area contributed by atoms with E-state index in [1.807, 2.05) is 5.32 Å². The second-order valence-corrected chi connectivity index (χ2v) is 3.91. The molecule has 0 spiro atoms. The summed E-state index contributed by atoms with van der Waals surface area (Å²) in [4.78, 5) is 23.6. The number of alkyl halides is 2. The van der Waals surface area contributed by atoms with Gasteiger partial charge in [0.1, 0.15) is 5.54 Å². The molecular weight excluding hydrogens is 222 g/mol. The van der Waals surface area contributed by atoms with Crippen LogP contribution in [0, 0.1) is 0 Å². The summed E-state index contributed by atoms with van der Waals surface area (Å²) < 4.78 is 23.8. The van der Waals surface area contributed by atoms with Crippen molar-refractivity contribution >= 4 is 12.0 Å². The van der Waals surface area contributed by atoms with E-state index < -0.39 is 30.5 Å². The molecule has 1 unspecified atom stereocenters. The number of rotatable bonds is 3. The molecule has 7 heteroatoms. The summed E-state index contributed by atoms with van der Waals surface area (Å²) in [5, 5.41) is 11.0. The maximum atomic E-state index is 11.9. The lowest BCUT2D eigenvalue weighted by Crippen LogP contribution is -2.54.